The monoisotopic (exact) mass is 268 g/mol. The van der Waals surface area contributed by atoms with Crippen LogP contribution in [0.3, 0.4) is 0 Å². The molecule has 1 fully saturated rings. The van der Waals surface area contributed by atoms with Gasteiger partial charge < -0.3 is 4.90 Å². The highest BCUT2D eigenvalue weighted by Crippen LogP contribution is 2.17. The lowest BCUT2D eigenvalue weighted by Gasteiger charge is -2.20. The van der Waals surface area contributed by atoms with Gasteiger partial charge >= 0.3 is 0 Å². The van der Waals surface area contributed by atoms with E-state index < -0.39 is 23.0 Å². The van der Waals surface area contributed by atoms with Crippen molar-refractivity contribution >= 4 is 5.78 Å². The van der Waals surface area contributed by atoms with E-state index in [1.165, 1.54) is 6.07 Å². The fourth-order valence-electron chi connectivity index (χ4n) is 2.42. The van der Waals surface area contributed by atoms with E-state index in [1.54, 1.807) is 0 Å². The molecule has 0 bridgehead atoms. The lowest BCUT2D eigenvalue weighted by Crippen LogP contribution is -2.34. The molecule has 1 aromatic carbocycles. The molecule has 5 heteroatoms. The molecule has 2 rings (SSSR count). The summed E-state index contributed by atoms with van der Waals surface area (Å²) in [6.07, 6.45) is 0.972. The van der Waals surface area contributed by atoms with Crippen molar-refractivity contribution in [1.82, 2.24) is 9.80 Å². The molecule has 1 heterocycles. The molecule has 0 spiro atoms. The van der Waals surface area contributed by atoms with Crippen LogP contribution in [0.2, 0.25) is 0 Å². The third kappa shape index (κ3) is 3.16. The highest BCUT2D eigenvalue weighted by Gasteiger charge is 2.27. The SMILES string of the molecule is CN(C)C1CCN(CC(=O)c2c(F)cccc2F)C1. The third-order valence-corrected chi connectivity index (χ3v) is 3.59. The van der Waals surface area contributed by atoms with Gasteiger partial charge in [0.25, 0.3) is 0 Å². The first kappa shape index (κ1) is 14.1. The summed E-state index contributed by atoms with van der Waals surface area (Å²) in [4.78, 5) is 16.0. The molecule has 1 saturated heterocycles. The molecule has 1 aromatic rings. The highest BCUT2D eigenvalue weighted by atomic mass is 19.1. The fraction of sp³-hybridized carbons (Fsp3) is 0.500. The predicted octanol–water partition coefficient (Wildman–Crippen LogP) is 1.78. The average molecular weight is 268 g/mol. The number of rotatable bonds is 4. The average Bonchev–Trinajstić information content (AvgIpc) is 2.77. The largest absolute Gasteiger partial charge is 0.305 e. The van der Waals surface area contributed by atoms with Crippen molar-refractivity contribution in [2.45, 2.75) is 12.5 Å². The molecule has 0 saturated carbocycles. The van der Waals surface area contributed by atoms with Crippen LogP contribution >= 0.6 is 0 Å². The van der Waals surface area contributed by atoms with Crippen LogP contribution in [0.4, 0.5) is 8.78 Å². The molecule has 104 valence electrons. The van der Waals surface area contributed by atoms with Gasteiger partial charge in [0, 0.05) is 19.1 Å². The summed E-state index contributed by atoms with van der Waals surface area (Å²) in [5.41, 5.74) is -0.421. The van der Waals surface area contributed by atoms with Crippen molar-refractivity contribution in [1.29, 1.82) is 0 Å². The number of hydrogen-bond acceptors (Lipinski definition) is 3. The Morgan fingerprint density at radius 3 is 2.53 bits per heavy atom. The maximum absolute atomic E-state index is 13.5. The molecular weight excluding hydrogens is 250 g/mol. The van der Waals surface area contributed by atoms with Gasteiger partial charge in [-0.3, -0.25) is 9.69 Å². The molecule has 0 aromatic heterocycles. The Balaban J connectivity index is 2.03. The van der Waals surface area contributed by atoms with Crippen LogP contribution in [-0.4, -0.2) is 55.4 Å². The van der Waals surface area contributed by atoms with Crippen LogP contribution in [0.1, 0.15) is 16.8 Å². The maximum atomic E-state index is 13.5. The highest BCUT2D eigenvalue weighted by molar-refractivity contribution is 5.98. The summed E-state index contributed by atoms with van der Waals surface area (Å²) in [6.45, 7) is 1.61. The maximum Gasteiger partial charge on any atom is 0.182 e. The quantitative estimate of drug-likeness (QED) is 0.778. The van der Waals surface area contributed by atoms with Crippen LogP contribution in [-0.2, 0) is 0 Å². The van der Waals surface area contributed by atoms with E-state index in [1.807, 2.05) is 19.0 Å². The second-order valence-corrected chi connectivity index (χ2v) is 5.16. The fourth-order valence-corrected chi connectivity index (χ4v) is 2.42. The molecule has 1 aliphatic rings. The minimum absolute atomic E-state index is 0.0716. The molecule has 0 radical (unpaired) electrons. The normalized spacial score (nSPS) is 20.2. The summed E-state index contributed by atoms with van der Waals surface area (Å²) in [5, 5.41) is 0. The Morgan fingerprint density at radius 1 is 1.37 bits per heavy atom. The number of carbonyl (C=O) groups is 1. The number of Topliss-reactive ketones (excluding diaryl/α,β-unsaturated/α-hetero) is 1. The Morgan fingerprint density at radius 2 is 2.00 bits per heavy atom. The number of nitrogens with zero attached hydrogens (tertiary/aromatic N) is 2. The van der Waals surface area contributed by atoms with Crippen LogP contribution in [0.15, 0.2) is 18.2 Å². The summed E-state index contributed by atoms with van der Waals surface area (Å²) in [7, 11) is 3.99. The predicted molar refractivity (Wildman–Crippen MR) is 69.2 cm³/mol. The van der Waals surface area contributed by atoms with Gasteiger partial charge in [-0.15, -0.1) is 0 Å². The van der Waals surface area contributed by atoms with Crippen LogP contribution in [0.5, 0.6) is 0 Å². The van der Waals surface area contributed by atoms with E-state index in [9.17, 15) is 13.6 Å². The summed E-state index contributed by atoms with van der Waals surface area (Å²) < 4.78 is 27.0. The minimum Gasteiger partial charge on any atom is -0.305 e. The van der Waals surface area contributed by atoms with Gasteiger partial charge in [-0.05, 0) is 32.6 Å². The van der Waals surface area contributed by atoms with Gasteiger partial charge in [-0.25, -0.2) is 8.78 Å². The lowest BCUT2D eigenvalue weighted by atomic mass is 10.1. The Kier molecular flexibility index (Phi) is 4.27. The van der Waals surface area contributed by atoms with E-state index in [2.05, 4.69) is 4.90 Å². The van der Waals surface area contributed by atoms with Gasteiger partial charge in [-0.2, -0.15) is 0 Å². The second kappa shape index (κ2) is 5.75. The zero-order valence-electron chi connectivity index (χ0n) is 11.2. The number of benzene rings is 1. The number of hydrogen-bond donors (Lipinski definition) is 0. The van der Waals surface area contributed by atoms with Crippen molar-refractivity contribution in [3.05, 3.63) is 35.4 Å². The topological polar surface area (TPSA) is 23.6 Å². The van der Waals surface area contributed by atoms with E-state index in [0.29, 0.717) is 6.04 Å². The zero-order valence-corrected chi connectivity index (χ0v) is 11.2. The van der Waals surface area contributed by atoms with E-state index in [0.717, 1.165) is 31.6 Å². The van der Waals surface area contributed by atoms with Gasteiger partial charge in [0.05, 0.1) is 12.1 Å². The summed E-state index contributed by atoms with van der Waals surface area (Å²) in [5.74, 6) is -2.06. The molecule has 0 aliphatic carbocycles. The molecule has 1 unspecified atom stereocenters. The van der Waals surface area contributed by atoms with E-state index in [4.69, 9.17) is 0 Å². The van der Waals surface area contributed by atoms with Gasteiger partial charge in [0.1, 0.15) is 11.6 Å². The standard InChI is InChI=1S/C14H18F2N2O/c1-17(2)10-6-7-18(8-10)9-13(19)14-11(15)4-3-5-12(14)16/h3-5,10H,6-9H2,1-2H3. The molecule has 19 heavy (non-hydrogen) atoms. The first-order valence-electron chi connectivity index (χ1n) is 6.35. The number of carbonyl (C=O) groups excluding carboxylic acids is 1. The third-order valence-electron chi connectivity index (χ3n) is 3.59. The number of likely N-dealkylation sites (N-methyl/N-ethyl adjacent to an activating group) is 1. The lowest BCUT2D eigenvalue weighted by molar-refractivity contribution is 0.0933. The van der Waals surface area contributed by atoms with Crippen LogP contribution < -0.4 is 0 Å². The molecule has 0 N–H and O–H groups in total. The van der Waals surface area contributed by atoms with Crippen molar-refractivity contribution < 1.29 is 13.6 Å². The van der Waals surface area contributed by atoms with E-state index in [-0.39, 0.29) is 6.54 Å². The van der Waals surface area contributed by atoms with Crippen molar-refractivity contribution in [3.63, 3.8) is 0 Å². The van der Waals surface area contributed by atoms with Gasteiger partial charge in [0.15, 0.2) is 5.78 Å². The Hall–Kier alpha value is -1.33. The van der Waals surface area contributed by atoms with Gasteiger partial charge in [0.2, 0.25) is 0 Å². The van der Waals surface area contributed by atoms with Crippen molar-refractivity contribution in [3.8, 4) is 0 Å². The molecule has 1 aliphatic heterocycles. The zero-order chi connectivity index (χ0) is 14.0. The summed E-state index contributed by atoms with van der Waals surface area (Å²) in [6, 6.07) is 3.89. The number of ketones is 1. The van der Waals surface area contributed by atoms with Crippen molar-refractivity contribution in [2.24, 2.45) is 0 Å². The molecular formula is C14H18F2N2O. The Bertz CT molecular complexity index is 456. The Labute approximate surface area is 111 Å². The smallest absolute Gasteiger partial charge is 0.182 e. The van der Waals surface area contributed by atoms with Crippen molar-refractivity contribution in [2.75, 3.05) is 33.7 Å². The second-order valence-electron chi connectivity index (χ2n) is 5.16. The van der Waals surface area contributed by atoms with Crippen LogP contribution in [0.25, 0.3) is 0 Å². The number of likely N-dealkylation sites (tertiary alicyclic amines) is 1. The molecule has 1 atom stereocenters. The minimum atomic E-state index is -0.784. The van der Waals surface area contributed by atoms with Gasteiger partial charge in [-0.1, -0.05) is 6.07 Å². The number of halogens is 2. The molecule has 3 nitrogen and oxygen atoms in total. The van der Waals surface area contributed by atoms with E-state index >= 15 is 0 Å². The summed E-state index contributed by atoms with van der Waals surface area (Å²) >= 11 is 0. The molecule has 0 amide bonds. The van der Waals surface area contributed by atoms with Crippen LogP contribution in [0, 0.1) is 11.6 Å². The first-order chi connectivity index (χ1) is 8.99. The first-order valence-corrected chi connectivity index (χ1v) is 6.35.